The Morgan fingerprint density at radius 1 is 1.38 bits per heavy atom. The van der Waals surface area contributed by atoms with E-state index >= 15 is 0 Å². The van der Waals surface area contributed by atoms with E-state index < -0.39 is 10.0 Å². The molecule has 0 radical (unpaired) electrons. The number of imidazole rings is 1. The molecule has 6 nitrogen and oxygen atoms in total. The van der Waals surface area contributed by atoms with Crippen LogP contribution < -0.4 is 0 Å². The van der Waals surface area contributed by atoms with Gasteiger partial charge < -0.3 is 9.30 Å². The number of hydrogen-bond donors (Lipinski definition) is 0. The summed E-state index contributed by atoms with van der Waals surface area (Å²) in [4.78, 5) is 4.05. The molecule has 2 rings (SSSR count). The van der Waals surface area contributed by atoms with Crippen molar-refractivity contribution in [3.05, 3.63) is 12.0 Å². The molecule has 0 unspecified atom stereocenters. The van der Waals surface area contributed by atoms with Crippen LogP contribution in [0.1, 0.15) is 5.82 Å². The zero-order chi connectivity index (χ0) is 11.8. The molecule has 0 spiro atoms. The Labute approximate surface area is 94.9 Å². The predicted octanol–water partition coefficient (Wildman–Crippen LogP) is -0.251. The van der Waals surface area contributed by atoms with Gasteiger partial charge in [-0.15, -0.1) is 0 Å². The highest BCUT2D eigenvalue weighted by atomic mass is 32.2. The largest absolute Gasteiger partial charge is 0.379 e. The maximum atomic E-state index is 12.1. The van der Waals surface area contributed by atoms with Gasteiger partial charge in [-0.2, -0.15) is 4.31 Å². The Kier molecular flexibility index (Phi) is 3.00. The Bertz CT molecular complexity index is 455. The van der Waals surface area contributed by atoms with Crippen molar-refractivity contribution in [3.63, 3.8) is 0 Å². The summed E-state index contributed by atoms with van der Waals surface area (Å²) < 4.78 is 32.5. The van der Waals surface area contributed by atoms with Crippen molar-refractivity contribution in [1.82, 2.24) is 13.9 Å². The van der Waals surface area contributed by atoms with Crippen molar-refractivity contribution in [1.29, 1.82) is 0 Å². The molecule has 0 bridgehead atoms. The molecular weight excluding hydrogens is 230 g/mol. The zero-order valence-corrected chi connectivity index (χ0v) is 10.2. The molecule has 1 fully saturated rings. The van der Waals surface area contributed by atoms with Gasteiger partial charge in [0.2, 0.25) is 0 Å². The van der Waals surface area contributed by atoms with Crippen LogP contribution in [0, 0.1) is 6.92 Å². The number of sulfonamides is 1. The number of nitrogens with zero attached hydrogens (tertiary/aromatic N) is 3. The third-order valence-corrected chi connectivity index (χ3v) is 4.43. The predicted molar refractivity (Wildman–Crippen MR) is 57.5 cm³/mol. The van der Waals surface area contributed by atoms with Crippen molar-refractivity contribution in [2.45, 2.75) is 11.9 Å². The highest BCUT2D eigenvalue weighted by Gasteiger charge is 2.28. The van der Waals surface area contributed by atoms with Gasteiger partial charge in [0, 0.05) is 26.3 Å². The first-order chi connectivity index (χ1) is 7.51. The maximum Gasteiger partial charge on any atom is 0.262 e. The van der Waals surface area contributed by atoms with Gasteiger partial charge in [0.25, 0.3) is 10.0 Å². The third-order valence-electron chi connectivity index (χ3n) is 2.66. The Morgan fingerprint density at radius 3 is 2.50 bits per heavy atom. The lowest BCUT2D eigenvalue weighted by molar-refractivity contribution is 0.0729. The van der Waals surface area contributed by atoms with Crippen LogP contribution in [-0.4, -0.2) is 48.6 Å². The van der Waals surface area contributed by atoms with Gasteiger partial charge in [-0.1, -0.05) is 0 Å². The standard InChI is InChI=1S/C9H15N3O3S/c1-8-10-9(7-11(8)2)16(13,14)12-3-5-15-6-4-12/h7H,3-6H2,1-2H3. The average Bonchev–Trinajstić information content (AvgIpc) is 2.61. The fourth-order valence-corrected chi connectivity index (χ4v) is 3.00. The minimum atomic E-state index is -3.44. The number of aromatic nitrogens is 2. The van der Waals surface area contributed by atoms with Crippen molar-refractivity contribution in [2.24, 2.45) is 7.05 Å². The molecule has 90 valence electrons. The summed E-state index contributed by atoms with van der Waals surface area (Å²) in [6.45, 7) is 3.48. The second-order valence-electron chi connectivity index (χ2n) is 3.75. The molecular formula is C9H15N3O3S. The van der Waals surface area contributed by atoms with E-state index in [0.29, 0.717) is 32.1 Å². The fraction of sp³-hybridized carbons (Fsp3) is 0.667. The monoisotopic (exact) mass is 245 g/mol. The van der Waals surface area contributed by atoms with Crippen LogP contribution in [0.2, 0.25) is 0 Å². The summed E-state index contributed by atoms with van der Waals surface area (Å²) in [5.41, 5.74) is 0. The van der Waals surface area contributed by atoms with Gasteiger partial charge in [0.05, 0.1) is 13.2 Å². The van der Waals surface area contributed by atoms with Crippen molar-refractivity contribution < 1.29 is 13.2 Å². The Balaban J connectivity index is 2.30. The molecule has 0 aromatic carbocycles. The summed E-state index contributed by atoms with van der Waals surface area (Å²) in [7, 11) is -1.66. The smallest absolute Gasteiger partial charge is 0.262 e. The van der Waals surface area contributed by atoms with Gasteiger partial charge in [-0.05, 0) is 6.92 Å². The quantitative estimate of drug-likeness (QED) is 0.720. The van der Waals surface area contributed by atoms with Gasteiger partial charge in [0.1, 0.15) is 5.82 Å². The zero-order valence-electron chi connectivity index (χ0n) is 9.38. The van der Waals surface area contributed by atoms with Gasteiger partial charge in [-0.3, -0.25) is 0 Å². The van der Waals surface area contributed by atoms with E-state index in [1.807, 2.05) is 0 Å². The summed E-state index contributed by atoms with van der Waals surface area (Å²) in [6.07, 6.45) is 1.54. The minimum absolute atomic E-state index is 0.120. The molecule has 0 N–H and O–H groups in total. The lowest BCUT2D eigenvalue weighted by atomic mass is 10.5. The molecule has 0 aliphatic carbocycles. The van der Waals surface area contributed by atoms with Crippen LogP contribution in [0.3, 0.4) is 0 Å². The lowest BCUT2D eigenvalue weighted by Gasteiger charge is -2.24. The molecule has 0 amide bonds. The van der Waals surface area contributed by atoms with Crippen LogP contribution in [0.25, 0.3) is 0 Å². The van der Waals surface area contributed by atoms with Crippen LogP contribution in [-0.2, 0) is 21.8 Å². The molecule has 1 saturated heterocycles. The first kappa shape index (κ1) is 11.6. The van der Waals surface area contributed by atoms with Crippen LogP contribution in [0.15, 0.2) is 11.2 Å². The van der Waals surface area contributed by atoms with E-state index in [4.69, 9.17) is 4.74 Å². The molecule has 2 heterocycles. The van der Waals surface area contributed by atoms with E-state index in [0.717, 1.165) is 0 Å². The van der Waals surface area contributed by atoms with E-state index in [2.05, 4.69) is 4.98 Å². The molecule has 1 aliphatic heterocycles. The molecule has 0 saturated carbocycles. The molecule has 16 heavy (non-hydrogen) atoms. The molecule has 1 aliphatic rings. The molecule has 1 aromatic heterocycles. The highest BCUT2D eigenvalue weighted by Crippen LogP contribution is 2.15. The SMILES string of the molecule is Cc1nc(S(=O)(=O)N2CCOCC2)cn1C. The van der Waals surface area contributed by atoms with Gasteiger partial charge >= 0.3 is 0 Å². The van der Waals surface area contributed by atoms with Crippen molar-refractivity contribution in [2.75, 3.05) is 26.3 Å². The van der Waals surface area contributed by atoms with E-state index in [1.165, 1.54) is 4.31 Å². The lowest BCUT2D eigenvalue weighted by Crippen LogP contribution is -2.40. The first-order valence-electron chi connectivity index (χ1n) is 5.09. The second-order valence-corrected chi connectivity index (χ2v) is 5.64. The average molecular weight is 245 g/mol. The van der Waals surface area contributed by atoms with E-state index in [9.17, 15) is 8.42 Å². The normalized spacial score (nSPS) is 18.9. The summed E-state index contributed by atoms with van der Waals surface area (Å²) in [5.74, 6) is 0.687. The summed E-state index contributed by atoms with van der Waals surface area (Å²) in [5, 5.41) is 0.120. The van der Waals surface area contributed by atoms with Crippen molar-refractivity contribution >= 4 is 10.0 Å². The highest BCUT2D eigenvalue weighted by molar-refractivity contribution is 7.89. The van der Waals surface area contributed by atoms with Crippen LogP contribution >= 0.6 is 0 Å². The Hall–Kier alpha value is -0.920. The summed E-state index contributed by atoms with van der Waals surface area (Å²) in [6, 6.07) is 0. The first-order valence-corrected chi connectivity index (χ1v) is 6.53. The minimum Gasteiger partial charge on any atom is -0.379 e. The van der Waals surface area contributed by atoms with Crippen molar-refractivity contribution in [3.8, 4) is 0 Å². The molecule has 7 heteroatoms. The fourth-order valence-electron chi connectivity index (χ4n) is 1.57. The van der Waals surface area contributed by atoms with Crippen LogP contribution in [0.4, 0.5) is 0 Å². The Morgan fingerprint density at radius 2 is 2.00 bits per heavy atom. The van der Waals surface area contributed by atoms with E-state index in [-0.39, 0.29) is 5.03 Å². The van der Waals surface area contributed by atoms with Gasteiger partial charge in [0.15, 0.2) is 5.03 Å². The third kappa shape index (κ3) is 1.98. The molecule has 1 aromatic rings. The second kappa shape index (κ2) is 4.15. The van der Waals surface area contributed by atoms with Gasteiger partial charge in [-0.25, -0.2) is 13.4 Å². The topological polar surface area (TPSA) is 64.4 Å². The number of hydrogen-bond acceptors (Lipinski definition) is 4. The maximum absolute atomic E-state index is 12.1. The van der Waals surface area contributed by atoms with E-state index in [1.54, 1.807) is 24.7 Å². The molecule has 0 atom stereocenters. The number of aryl methyl sites for hydroxylation is 2. The van der Waals surface area contributed by atoms with Crippen LogP contribution in [0.5, 0.6) is 0 Å². The number of morpholine rings is 1. The number of ether oxygens (including phenoxy) is 1. The number of rotatable bonds is 2. The summed E-state index contributed by atoms with van der Waals surface area (Å²) >= 11 is 0.